The molecule has 6 heteroatoms. The Kier molecular flexibility index (Phi) is 6.45. The summed E-state index contributed by atoms with van der Waals surface area (Å²) in [7, 11) is 0. The summed E-state index contributed by atoms with van der Waals surface area (Å²) in [4.78, 5) is 11.6. The van der Waals surface area contributed by atoms with Gasteiger partial charge in [0.25, 0.3) is 0 Å². The van der Waals surface area contributed by atoms with E-state index < -0.39 is 6.09 Å². The highest BCUT2D eigenvalue weighted by molar-refractivity contribution is 9.10. The van der Waals surface area contributed by atoms with Gasteiger partial charge >= 0.3 is 6.09 Å². The van der Waals surface area contributed by atoms with Gasteiger partial charge in [-0.25, -0.2) is 4.79 Å². The third kappa shape index (κ3) is 5.64. The largest absolute Gasteiger partial charge is 0.491 e. The van der Waals surface area contributed by atoms with Crippen molar-refractivity contribution >= 4 is 22.0 Å². The molecule has 0 unspecified atom stereocenters. The summed E-state index contributed by atoms with van der Waals surface area (Å²) in [5.41, 5.74) is 1.44. The van der Waals surface area contributed by atoms with Crippen molar-refractivity contribution in [2.75, 3.05) is 13.2 Å². The summed E-state index contributed by atoms with van der Waals surface area (Å²) in [5, 5.41) is 11.5. The average molecular weight is 375 g/mol. The van der Waals surface area contributed by atoms with E-state index in [0.29, 0.717) is 17.9 Å². The van der Waals surface area contributed by atoms with Crippen molar-refractivity contribution < 1.29 is 14.3 Å². The van der Waals surface area contributed by atoms with Crippen LogP contribution in [0.4, 0.5) is 4.79 Å². The molecule has 0 bridgehead atoms. The Bertz CT molecular complexity index is 699. The summed E-state index contributed by atoms with van der Waals surface area (Å²) in [5.74, 6) is 0.559. The molecule has 1 amide bonds. The molecule has 2 aromatic carbocycles. The zero-order valence-corrected chi connectivity index (χ0v) is 13.9. The fourth-order valence-electron chi connectivity index (χ4n) is 1.77. The summed E-state index contributed by atoms with van der Waals surface area (Å²) < 4.78 is 11.4. The quantitative estimate of drug-likeness (QED) is 0.783. The minimum Gasteiger partial charge on any atom is -0.491 e. The van der Waals surface area contributed by atoms with Crippen molar-refractivity contribution in [3.05, 3.63) is 64.1 Å². The molecule has 5 nitrogen and oxygen atoms in total. The molecule has 0 radical (unpaired) electrons. The summed E-state index contributed by atoms with van der Waals surface area (Å²) in [6.07, 6.45) is -0.498. The Morgan fingerprint density at radius 3 is 2.74 bits per heavy atom. The van der Waals surface area contributed by atoms with Crippen LogP contribution in [0.2, 0.25) is 0 Å². The van der Waals surface area contributed by atoms with E-state index in [2.05, 4.69) is 21.2 Å². The van der Waals surface area contributed by atoms with Gasteiger partial charge in [0.15, 0.2) is 0 Å². The first-order valence-electron chi connectivity index (χ1n) is 6.96. The molecule has 0 saturated heterocycles. The molecule has 118 valence electrons. The third-order valence-corrected chi connectivity index (χ3v) is 3.56. The number of benzene rings is 2. The number of halogens is 1. The highest BCUT2D eigenvalue weighted by atomic mass is 79.9. The second-order valence-corrected chi connectivity index (χ2v) is 5.45. The number of rotatable bonds is 6. The lowest BCUT2D eigenvalue weighted by molar-refractivity contribution is 0.137. The Balaban J connectivity index is 1.69. The molecule has 0 aromatic heterocycles. The predicted molar refractivity (Wildman–Crippen MR) is 89.0 cm³/mol. The Morgan fingerprint density at radius 1 is 1.22 bits per heavy atom. The van der Waals surface area contributed by atoms with Crippen LogP contribution in [0.25, 0.3) is 0 Å². The van der Waals surface area contributed by atoms with Crippen molar-refractivity contribution in [3.63, 3.8) is 0 Å². The first kappa shape index (κ1) is 16.8. The molecule has 2 aromatic rings. The van der Waals surface area contributed by atoms with Crippen LogP contribution in [-0.2, 0) is 11.3 Å². The number of carbonyl (C=O) groups is 1. The molecule has 1 N–H and O–H groups in total. The SMILES string of the molecule is N#Cc1ccc(Br)c(OCCNC(=O)OCc2ccccc2)c1. The van der Waals surface area contributed by atoms with Gasteiger partial charge in [-0.1, -0.05) is 30.3 Å². The molecule has 23 heavy (non-hydrogen) atoms. The number of alkyl carbamates (subject to hydrolysis) is 1. The summed E-state index contributed by atoms with van der Waals surface area (Å²) in [6, 6.07) is 16.6. The number of amides is 1. The second kappa shape index (κ2) is 8.81. The van der Waals surface area contributed by atoms with Crippen LogP contribution in [0.15, 0.2) is 53.0 Å². The van der Waals surface area contributed by atoms with Gasteiger partial charge in [0.2, 0.25) is 0 Å². The van der Waals surface area contributed by atoms with Crippen LogP contribution in [0.3, 0.4) is 0 Å². The highest BCUT2D eigenvalue weighted by Gasteiger charge is 2.05. The number of hydrogen-bond donors (Lipinski definition) is 1. The minimum atomic E-state index is -0.498. The second-order valence-electron chi connectivity index (χ2n) is 4.59. The van der Waals surface area contributed by atoms with Crippen molar-refractivity contribution in [3.8, 4) is 11.8 Å². The summed E-state index contributed by atoms with van der Waals surface area (Å²) in [6.45, 7) is 0.800. The first-order valence-corrected chi connectivity index (χ1v) is 7.75. The molecule has 0 atom stereocenters. The third-order valence-electron chi connectivity index (χ3n) is 2.90. The zero-order valence-electron chi connectivity index (χ0n) is 12.3. The van der Waals surface area contributed by atoms with Crippen LogP contribution in [0.5, 0.6) is 5.75 Å². The van der Waals surface area contributed by atoms with E-state index >= 15 is 0 Å². The van der Waals surface area contributed by atoms with Gasteiger partial charge in [-0.05, 0) is 39.7 Å². The van der Waals surface area contributed by atoms with Gasteiger partial charge in [-0.3, -0.25) is 0 Å². The van der Waals surface area contributed by atoms with E-state index in [-0.39, 0.29) is 13.2 Å². The monoisotopic (exact) mass is 374 g/mol. The van der Waals surface area contributed by atoms with Crippen LogP contribution in [-0.4, -0.2) is 19.2 Å². The van der Waals surface area contributed by atoms with E-state index in [1.807, 2.05) is 36.4 Å². The predicted octanol–water partition coefficient (Wildman–Crippen LogP) is 3.63. The van der Waals surface area contributed by atoms with Crippen molar-refractivity contribution in [2.45, 2.75) is 6.61 Å². The first-order chi connectivity index (χ1) is 11.2. The fourth-order valence-corrected chi connectivity index (χ4v) is 2.13. The molecule has 0 aliphatic carbocycles. The van der Waals surface area contributed by atoms with Gasteiger partial charge in [0, 0.05) is 0 Å². The number of hydrogen-bond acceptors (Lipinski definition) is 4. The van der Waals surface area contributed by atoms with Crippen molar-refractivity contribution in [2.24, 2.45) is 0 Å². The standard InChI is InChI=1S/C17H15BrN2O3/c18-15-7-6-14(11-19)10-16(15)22-9-8-20-17(21)23-12-13-4-2-1-3-5-13/h1-7,10H,8-9,12H2,(H,20,21). The minimum absolute atomic E-state index is 0.225. The lowest BCUT2D eigenvalue weighted by Gasteiger charge is -2.10. The smallest absolute Gasteiger partial charge is 0.407 e. The average Bonchev–Trinajstić information content (AvgIpc) is 2.59. The van der Waals surface area contributed by atoms with Crippen LogP contribution in [0, 0.1) is 11.3 Å². The molecule has 0 aliphatic rings. The maximum atomic E-state index is 11.6. The molecule has 0 heterocycles. The van der Waals surface area contributed by atoms with Crippen molar-refractivity contribution in [1.82, 2.24) is 5.32 Å². The van der Waals surface area contributed by atoms with E-state index in [4.69, 9.17) is 14.7 Å². The van der Waals surface area contributed by atoms with E-state index in [0.717, 1.165) is 10.0 Å². The number of carbonyl (C=O) groups excluding carboxylic acids is 1. The Hall–Kier alpha value is -2.52. The topological polar surface area (TPSA) is 71.3 Å². The van der Waals surface area contributed by atoms with Gasteiger partial charge in [0.05, 0.1) is 22.7 Å². The Morgan fingerprint density at radius 2 is 2.00 bits per heavy atom. The number of nitrogens with one attached hydrogen (secondary N) is 1. The molecular formula is C17H15BrN2O3. The number of nitriles is 1. The van der Waals surface area contributed by atoms with E-state index in [1.165, 1.54) is 0 Å². The van der Waals surface area contributed by atoms with Crippen molar-refractivity contribution in [1.29, 1.82) is 5.26 Å². The van der Waals surface area contributed by atoms with Gasteiger partial charge in [0.1, 0.15) is 19.0 Å². The number of nitrogens with zero attached hydrogens (tertiary/aromatic N) is 1. The number of ether oxygens (including phenoxy) is 2. The highest BCUT2D eigenvalue weighted by Crippen LogP contribution is 2.25. The maximum absolute atomic E-state index is 11.6. The normalized spacial score (nSPS) is 9.74. The zero-order chi connectivity index (χ0) is 16.5. The molecule has 2 rings (SSSR count). The van der Waals surface area contributed by atoms with Gasteiger partial charge < -0.3 is 14.8 Å². The fraction of sp³-hybridized carbons (Fsp3) is 0.176. The van der Waals surface area contributed by atoms with Gasteiger partial charge in [-0.15, -0.1) is 0 Å². The molecule has 0 aliphatic heterocycles. The molecule has 0 spiro atoms. The van der Waals surface area contributed by atoms with Crippen LogP contribution < -0.4 is 10.1 Å². The molecular weight excluding hydrogens is 360 g/mol. The van der Waals surface area contributed by atoms with Crippen LogP contribution in [0.1, 0.15) is 11.1 Å². The van der Waals surface area contributed by atoms with E-state index in [1.54, 1.807) is 18.2 Å². The lowest BCUT2D eigenvalue weighted by Crippen LogP contribution is -2.28. The Labute approximate surface area is 143 Å². The van der Waals surface area contributed by atoms with Gasteiger partial charge in [-0.2, -0.15) is 5.26 Å². The molecule has 0 fully saturated rings. The molecule has 0 saturated carbocycles. The maximum Gasteiger partial charge on any atom is 0.407 e. The summed E-state index contributed by atoms with van der Waals surface area (Å²) >= 11 is 3.34. The van der Waals surface area contributed by atoms with Crippen LogP contribution >= 0.6 is 15.9 Å². The van der Waals surface area contributed by atoms with E-state index in [9.17, 15) is 4.79 Å². The lowest BCUT2D eigenvalue weighted by atomic mass is 10.2.